The molecule has 1 unspecified atom stereocenters. The molecule has 1 aromatic rings. The second-order valence-electron chi connectivity index (χ2n) is 6.39. The molecule has 0 aromatic heterocycles. The predicted molar refractivity (Wildman–Crippen MR) is 86.8 cm³/mol. The number of nitrogens with one attached hydrogen (secondary N) is 2. The van der Waals surface area contributed by atoms with Gasteiger partial charge in [0.05, 0.1) is 5.75 Å². The fourth-order valence-corrected chi connectivity index (χ4v) is 4.05. The SMILES string of the molecule is CCNS(=O)(=O)CCNC1c2ccccc2CCC1(C)C. The average Bonchev–Trinajstić information content (AvgIpc) is 2.41. The van der Waals surface area contributed by atoms with Crippen molar-refractivity contribution in [1.29, 1.82) is 0 Å². The summed E-state index contributed by atoms with van der Waals surface area (Å²) in [5.74, 6) is 0.121. The Kier molecular flexibility index (Phi) is 5.07. The molecule has 1 aliphatic carbocycles. The zero-order chi connectivity index (χ0) is 15.5. The molecular weight excluding hydrogens is 284 g/mol. The van der Waals surface area contributed by atoms with Crippen molar-refractivity contribution in [2.45, 2.75) is 39.7 Å². The zero-order valence-corrected chi connectivity index (χ0v) is 14.0. The highest BCUT2D eigenvalue weighted by Gasteiger charge is 2.35. The summed E-state index contributed by atoms with van der Waals surface area (Å²) in [5.41, 5.74) is 2.83. The molecule has 0 fully saturated rings. The molecule has 1 atom stereocenters. The minimum absolute atomic E-state index is 0.121. The molecule has 1 aromatic carbocycles. The van der Waals surface area contributed by atoms with Crippen LogP contribution in [0.4, 0.5) is 0 Å². The Hall–Kier alpha value is -0.910. The molecule has 0 bridgehead atoms. The zero-order valence-electron chi connectivity index (χ0n) is 13.1. The molecule has 1 aliphatic rings. The van der Waals surface area contributed by atoms with E-state index in [1.807, 2.05) is 0 Å². The number of hydrogen-bond donors (Lipinski definition) is 2. The lowest BCUT2D eigenvalue weighted by atomic mass is 9.70. The molecule has 0 aliphatic heterocycles. The molecule has 0 heterocycles. The topological polar surface area (TPSA) is 58.2 Å². The van der Waals surface area contributed by atoms with Gasteiger partial charge in [-0.25, -0.2) is 13.1 Å². The van der Waals surface area contributed by atoms with Crippen LogP contribution in [0.1, 0.15) is 44.4 Å². The maximum absolute atomic E-state index is 11.7. The Morgan fingerprint density at radius 2 is 2.00 bits per heavy atom. The van der Waals surface area contributed by atoms with Gasteiger partial charge in [-0.2, -0.15) is 0 Å². The van der Waals surface area contributed by atoms with E-state index in [2.05, 4.69) is 48.2 Å². The molecule has 0 amide bonds. The lowest BCUT2D eigenvalue weighted by molar-refractivity contribution is 0.212. The Morgan fingerprint density at radius 1 is 1.29 bits per heavy atom. The van der Waals surface area contributed by atoms with E-state index in [0.29, 0.717) is 13.1 Å². The van der Waals surface area contributed by atoms with Gasteiger partial charge in [0.2, 0.25) is 10.0 Å². The van der Waals surface area contributed by atoms with Crippen molar-refractivity contribution in [3.8, 4) is 0 Å². The minimum Gasteiger partial charge on any atom is -0.308 e. The first-order valence-corrected chi connectivity index (χ1v) is 9.29. The van der Waals surface area contributed by atoms with E-state index in [0.717, 1.165) is 12.8 Å². The van der Waals surface area contributed by atoms with Gasteiger partial charge in [-0.1, -0.05) is 45.0 Å². The summed E-state index contributed by atoms with van der Waals surface area (Å²) in [5, 5.41) is 3.46. The fourth-order valence-electron chi connectivity index (χ4n) is 3.08. The molecule has 118 valence electrons. The molecule has 0 radical (unpaired) electrons. The second-order valence-corrected chi connectivity index (χ2v) is 8.32. The van der Waals surface area contributed by atoms with Crippen molar-refractivity contribution < 1.29 is 8.42 Å². The van der Waals surface area contributed by atoms with Crippen LogP contribution in [0.15, 0.2) is 24.3 Å². The first-order chi connectivity index (χ1) is 9.86. The Labute approximate surface area is 128 Å². The number of rotatable bonds is 6. The van der Waals surface area contributed by atoms with Gasteiger partial charge in [0.1, 0.15) is 0 Å². The van der Waals surface area contributed by atoms with Crippen molar-refractivity contribution in [3.63, 3.8) is 0 Å². The molecule has 5 heteroatoms. The first-order valence-electron chi connectivity index (χ1n) is 7.64. The van der Waals surface area contributed by atoms with Crippen molar-refractivity contribution >= 4 is 10.0 Å². The minimum atomic E-state index is -3.16. The summed E-state index contributed by atoms with van der Waals surface area (Å²) < 4.78 is 26.0. The highest BCUT2D eigenvalue weighted by atomic mass is 32.2. The monoisotopic (exact) mass is 310 g/mol. The van der Waals surface area contributed by atoms with E-state index in [-0.39, 0.29) is 17.2 Å². The van der Waals surface area contributed by atoms with Crippen LogP contribution >= 0.6 is 0 Å². The van der Waals surface area contributed by atoms with Gasteiger partial charge in [0.25, 0.3) is 0 Å². The van der Waals surface area contributed by atoms with Crippen LogP contribution in [0, 0.1) is 5.41 Å². The summed E-state index contributed by atoms with van der Waals surface area (Å²) in [4.78, 5) is 0. The Bertz CT molecular complexity index is 582. The van der Waals surface area contributed by atoms with Gasteiger partial charge in [0, 0.05) is 19.1 Å². The van der Waals surface area contributed by atoms with Crippen LogP contribution < -0.4 is 10.0 Å². The van der Waals surface area contributed by atoms with E-state index < -0.39 is 10.0 Å². The molecule has 2 rings (SSSR count). The number of sulfonamides is 1. The van der Waals surface area contributed by atoms with Gasteiger partial charge in [0.15, 0.2) is 0 Å². The molecule has 0 saturated heterocycles. The Balaban J connectivity index is 2.07. The summed E-state index contributed by atoms with van der Waals surface area (Å²) >= 11 is 0. The van der Waals surface area contributed by atoms with Crippen LogP contribution in [0.25, 0.3) is 0 Å². The number of aryl methyl sites for hydroxylation is 1. The van der Waals surface area contributed by atoms with Crippen molar-refractivity contribution in [3.05, 3.63) is 35.4 Å². The van der Waals surface area contributed by atoms with E-state index in [1.165, 1.54) is 11.1 Å². The summed E-state index contributed by atoms with van der Waals surface area (Å²) in [6, 6.07) is 8.68. The largest absolute Gasteiger partial charge is 0.308 e. The molecule has 0 spiro atoms. The van der Waals surface area contributed by atoms with Gasteiger partial charge in [-0.3, -0.25) is 0 Å². The lowest BCUT2D eigenvalue weighted by Gasteiger charge is -2.40. The molecular formula is C16H26N2O2S. The molecule has 2 N–H and O–H groups in total. The van der Waals surface area contributed by atoms with Gasteiger partial charge in [-0.15, -0.1) is 0 Å². The predicted octanol–water partition coefficient (Wildman–Crippen LogP) is 2.23. The quantitative estimate of drug-likeness (QED) is 0.847. The maximum Gasteiger partial charge on any atom is 0.212 e. The van der Waals surface area contributed by atoms with Crippen LogP contribution in [-0.2, 0) is 16.4 Å². The first kappa shape index (κ1) is 16.5. The van der Waals surface area contributed by atoms with E-state index in [4.69, 9.17) is 0 Å². The van der Waals surface area contributed by atoms with Crippen molar-refractivity contribution in [2.24, 2.45) is 5.41 Å². The maximum atomic E-state index is 11.7. The van der Waals surface area contributed by atoms with Gasteiger partial charge < -0.3 is 5.32 Å². The van der Waals surface area contributed by atoms with Crippen LogP contribution in [0.3, 0.4) is 0 Å². The van der Waals surface area contributed by atoms with Crippen LogP contribution in [0.5, 0.6) is 0 Å². The third-order valence-electron chi connectivity index (χ3n) is 4.27. The molecule has 21 heavy (non-hydrogen) atoms. The Morgan fingerprint density at radius 3 is 2.71 bits per heavy atom. The van der Waals surface area contributed by atoms with Crippen LogP contribution in [-0.4, -0.2) is 27.3 Å². The summed E-state index contributed by atoms with van der Waals surface area (Å²) in [6.45, 7) is 7.21. The number of fused-ring (bicyclic) bond motifs is 1. The summed E-state index contributed by atoms with van der Waals surface area (Å²) in [6.07, 6.45) is 2.21. The third-order valence-corrected chi connectivity index (χ3v) is 5.74. The van der Waals surface area contributed by atoms with Crippen LogP contribution in [0.2, 0.25) is 0 Å². The fraction of sp³-hybridized carbons (Fsp3) is 0.625. The van der Waals surface area contributed by atoms with E-state index >= 15 is 0 Å². The van der Waals surface area contributed by atoms with Gasteiger partial charge >= 0.3 is 0 Å². The van der Waals surface area contributed by atoms with E-state index in [9.17, 15) is 8.42 Å². The summed E-state index contributed by atoms with van der Waals surface area (Å²) in [7, 11) is -3.16. The smallest absolute Gasteiger partial charge is 0.212 e. The number of benzene rings is 1. The molecule has 0 saturated carbocycles. The highest BCUT2D eigenvalue weighted by molar-refractivity contribution is 7.89. The standard InChI is InChI=1S/C16H26N2O2S/c1-4-18-21(19,20)12-11-17-15-14-8-6-5-7-13(14)9-10-16(15,2)3/h5-8,15,17-18H,4,9-12H2,1-3H3. The highest BCUT2D eigenvalue weighted by Crippen LogP contribution is 2.43. The van der Waals surface area contributed by atoms with E-state index in [1.54, 1.807) is 6.92 Å². The lowest BCUT2D eigenvalue weighted by Crippen LogP contribution is -2.41. The average molecular weight is 310 g/mol. The van der Waals surface area contributed by atoms with Crippen molar-refractivity contribution in [1.82, 2.24) is 10.0 Å². The molecule has 4 nitrogen and oxygen atoms in total. The second kappa shape index (κ2) is 6.46. The third kappa shape index (κ3) is 4.05. The normalized spacial score (nSPS) is 21.0. The number of hydrogen-bond acceptors (Lipinski definition) is 3. The van der Waals surface area contributed by atoms with Gasteiger partial charge in [-0.05, 0) is 29.4 Å². The van der Waals surface area contributed by atoms with Crippen molar-refractivity contribution in [2.75, 3.05) is 18.8 Å².